The molecular formula is C25H29NO3. The average molecular weight is 392 g/mol. The van der Waals surface area contributed by atoms with E-state index in [1.54, 1.807) is 13.2 Å². The standard InChI is InChI=1S/C25H29NO3/c1-15(2)14-29-24-12-22-21(11-23(24)28-4)25(27)16(3)20-10-18-8-6-5-7-17(18)9-19(20)13-26-22/h5-8,11-13,15-16,19-20H,9-10,14H2,1-4H3/t16?,19-,20?/m0/s1. The van der Waals surface area contributed by atoms with Crippen LogP contribution in [0.15, 0.2) is 41.4 Å². The summed E-state index contributed by atoms with van der Waals surface area (Å²) >= 11 is 0. The van der Waals surface area contributed by atoms with E-state index in [4.69, 9.17) is 14.5 Å². The van der Waals surface area contributed by atoms with Crippen LogP contribution in [-0.2, 0) is 12.8 Å². The molecule has 0 saturated heterocycles. The van der Waals surface area contributed by atoms with Gasteiger partial charge in [-0.25, -0.2) is 0 Å². The lowest BCUT2D eigenvalue weighted by Crippen LogP contribution is -2.35. The number of ketones is 1. The number of benzene rings is 2. The molecule has 1 heterocycles. The van der Waals surface area contributed by atoms with Gasteiger partial charge in [0, 0.05) is 29.7 Å². The van der Waals surface area contributed by atoms with Crippen LogP contribution in [0.1, 0.15) is 42.3 Å². The molecule has 0 N–H and O–H groups in total. The van der Waals surface area contributed by atoms with E-state index >= 15 is 0 Å². The van der Waals surface area contributed by atoms with Crippen molar-refractivity contribution >= 4 is 17.7 Å². The van der Waals surface area contributed by atoms with Crippen LogP contribution in [0.25, 0.3) is 0 Å². The highest BCUT2D eigenvalue weighted by atomic mass is 16.5. The van der Waals surface area contributed by atoms with Gasteiger partial charge in [-0.05, 0) is 41.9 Å². The van der Waals surface area contributed by atoms with Crippen LogP contribution in [0.5, 0.6) is 11.5 Å². The van der Waals surface area contributed by atoms with Gasteiger partial charge in [-0.2, -0.15) is 0 Å². The first-order chi connectivity index (χ1) is 14.0. The number of hydrogen-bond donors (Lipinski definition) is 0. The molecule has 2 aromatic carbocycles. The van der Waals surface area contributed by atoms with Gasteiger partial charge in [-0.1, -0.05) is 45.0 Å². The number of ether oxygens (including phenoxy) is 2. The van der Waals surface area contributed by atoms with Gasteiger partial charge < -0.3 is 9.47 Å². The topological polar surface area (TPSA) is 47.9 Å². The smallest absolute Gasteiger partial charge is 0.168 e. The van der Waals surface area contributed by atoms with E-state index in [1.807, 2.05) is 6.07 Å². The number of carbonyl (C=O) groups is 1. The molecule has 29 heavy (non-hydrogen) atoms. The summed E-state index contributed by atoms with van der Waals surface area (Å²) in [5, 5.41) is 0. The van der Waals surface area contributed by atoms with Gasteiger partial charge in [0.05, 0.1) is 19.4 Å². The van der Waals surface area contributed by atoms with Crippen molar-refractivity contribution in [1.29, 1.82) is 0 Å². The highest BCUT2D eigenvalue weighted by molar-refractivity contribution is 6.04. The lowest BCUT2D eigenvalue weighted by Gasteiger charge is -2.35. The number of Topliss-reactive ketones (excluding diaryl/α,β-unsaturated/α-hetero) is 1. The molecular weight excluding hydrogens is 362 g/mol. The number of hydrogen-bond acceptors (Lipinski definition) is 4. The average Bonchev–Trinajstić information content (AvgIpc) is 2.73. The van der Waals surface area contributed by atoms with E-state index in [2.05, 4.69) is 51.3 Å². The summed E-state index contributed by atoms with van der Waals surface area (Å²) in [6.07, 6.45) is 3.91. The monoisotopic (exact) mass is 391 g/mol. The van der Waals surface area contributed by atoms with E-state index in [1.165, 1.54) is 11.1 Å². The van der Waals surface area contributed by atoms with E-state index in [0.717, 1.165) is 12.8 Å². The van der Waals surface area contributed by atoms with Gasteiger partial charge in [0.25, 0.3) is 0 Å². The van der Waals surface area contributed by atoms with Crippen LogP contribution in [0, 0.1) is 23.7 Å². The molecule has 0 saturated carbocycles. The van der Waals surface area contributed by atoms with Gasteiger partial charge in [0.2, 0.25) is 0 Å². The van der Waals surface area contributed by atoms with Crippen molar-refractivity contribution in [1.82, 2.24) is 0 Å². The zero-order valence-electron chi connectivity index (χ0n) is 17.6. The minimum Gasteiger partial charge on any atom is -0.493 e. The fourth-order valence-electron chi connectivity index (χ4n) is 4.48. The maximum atomic E-state index is 13.4. The third-order valence-electron chi connectivity index (χ3n) is 6.16. The number of nitrogens with zero attached hydrogens (tertiary/aromatic N) is 1. The van der Waals surface area contributed by atoms with Crippen molar-refractivity contribution in [3.8, 4) is 11.5 Å². The van der Waals surface area contributed by atoms with Gasteiger partial charge in [0.1, 0.15) is 0 Å². The number of fused-ring (bicyclic) bond motifs is 3. The largest absolute Gasteiger partial charge is 0.493 e. The van der Waals surface area contributed by atoms with Crippen molar-refractivity contribution in [2.45, 2.75) is 33.6 Å². The first kappa shape index (κ1) is 19.7. The van der Waals surface area contributed by atoms with E-state index < -0.39 is 0 Å². The molecule has 0 radical (unpaired) electrons. The second-order valence-electron chi connectivity index (χ2n) is 8.66. The molecule has 2 aromatic rings. The Hall–Kier alpha value is -2.62. The Morgan fingerprint density at radius 2 is 1.83 bits per heavy atom. The molecule has 1 aliphatic carbocycles. The Bertz CT molecular complexity index is 947. The Morgan fingerprint density at radius 1 is 1.10 bits per heavy atom. The molecule has 1 aliphatic heterocycles. The Morgan fingerprint density at radius 3 is 2.52 bits per heavy atom. The summed E-state index contributed by atoms with van der Waals surface area (Å²) in [7, 11) is 1.61. The van der Waals surface area contributed by atoms with E-state index in [0.29, 0.717) is 35.3 Å². The molecule has 2 unspecified atom stereocenters. The van der Waals surface area contributed by atoms with Gasteiger partial charge >= 0.3 is 0 Å². The van der Waals surface area contributed by atoms with E-state index in [-0.39, 0.29) is 23.5 Å². The number of rotatable bonds is 4. The van der Waals surface area contributed by atoms with Crippen LogP contribution >= 0.6 is 0 Å². The highest BCUT2D eigenvalue weighted by Crippen LogP contribution is 2.42. The lowest BCUT2D eigenvalue weighted by molar-refractivity contribution is 0.0863. The van der Waals surface area contributed by atoms with Gasteiger partial charge in [0.15, 0.2) is 17.3 Å². The number of carbonyl (C=O) groups excluding carboxylic acids is 1. The van der Waals surface area contributed by atoms with Crippen molar-refractivity contribution in [3.63, 3.8) is 0 Å². The van der Waals surface area contributed by atoms with Crippen molar-refractivity contribution in [2.75, 3.05) is 13.7 Å². The van der Waals surface area contributed by atoms with Crippen molar-refractivity contribution < 1.29 is 14.3 Å². The second kappa shape index (κ2) is 8.02. The molecule has 0 spiro atoms. The molecule has 4 rings (SSSR count). The quantitative estimate of drug-likeness (QED) is 0.711. The minimum absolute atomic E-state index is 0.0778. The normalized spacial score (nSPS) is 22.9. The molecule has 0 amide bonds. The Kier molecular flexibility index (Phi) is 5.44. The maximum Gasteiger partial charge on any atom is 0.168 e. The third-order valence-corrected chi connectivity index (χ3v) is 6.16. The summed E-state index contributed by atoms with van der Waals surface area (Å²) in [6, 6.07) is 12.2. The number of methoxy groups -OCH3 is 1. The highest BCUT2D eigenvalue weighted by Gasteiger charge is 2.37. The summed E-state index contributed by atoms with van der Waals surface area (Å²) in [4.78, 5) is 18.2. The number of aliphatic imine (C=N–C) groups is 1. The summed E-state index contributed by atoms with van der Waals surface area (Å²) < 4.78 is 11.5. The molecule has 152 valence electrons. The molecule has 4 heteroatoms. The maximum absolute atomic E-state index is 13.4. The molecule has 0 bridgehead atoms. The predicted molar refractivity (Wildman–Crippen MR) is 116 cm³/mol. The van der Waals surface area contributed by atoms with Crippen molar-refractivity contribution in [2.24, 2.45) is 28.7 Å². The summed E-state index contributed by atoms with van der Waals surface area (Å²) in [5.74, 6) is 2.21. The first-order valence-corrected chi connectivity index (χ1v) is 10.5. The fraction of sp³-hybridized carbons (Fsp3) is 0.440. The fourth-order valence-corrected chi connectivity index (χ4v) is 4.48. The Balaban J connectivity index is 1.73. The van der Waals surface area contributed by atoms with Gasteiger partial charge in [-0.3, -0.25) is 9.79 Å². The zero-order chi connectivity index (χ0) is 20.5. The lowest BCUT2D eigenvalue weighted by atomic mass is 9.69. The minimum atomic E-state index is -0.0778. The zero-order valence-corrected chi connectivity index (χ0v) is 17.6. The van der Waals surface area contributed by atoms with Crippen LogP contribution in [0.3, 0.4) is 0 Å². The first-order valence-electron chi connectivity index (χ1n) is 10.5. The molecule has 0 fully saturated rings. The molecule has 4 nitrogen and oxygen atoms in total. The summed E-state index contributed by atoms with van der Waals surface area (Å²) in [5.41, 5.74) is 4.03. The molecule has 2 aliphatic rings. The van der Waals surface area contributed by atoms with Crippen LogP contribution in [-0.4, -0.2) is 25.7 Å². The van der Waals surface area contributed by atoms with Crippen LogP contribution in [0.4, 0.5) is 5.69 Å². The molecule has 3 atom stereocenters. The Labute approximate surface area is 173 Å². The second-order valence-corrected chi connectivity index (χ2v) is 8.66. The predicted octanol–water partition coefficient (Wildman–Crippen LogP) is 5.30. The van der Waals surface area contributed by atoms with Crippen LogP contribution in [0.2, 0.25) is 0 Å². The van der Waals surface area contributed by atoms with Gasteiger partial charge in [-0.15, -0.1) is 0 Å². The van der Waals surface area contributed by atoms with Crippen LogP contribution < -0.4 is 9.47 Å². The third kappa shape index (κ3) is 3.81. The SMILES string of the molecule is COc1cc2c(cc1OCC(C)C)N=C[C@@H]1Cc3ccccc3CC1C(C)C2=O. The summed E-state index contributed by atoms with van der Waals surface area (Å²) in [6.45, 7) is 6.85. The molecule has 0 aromatic heterocycles. The van der Waals surface area contributed by atoms with E-state index in [9.17, 15) is 4.79 Å². The van der Waals surface area contributed by atoms with Crippen molar-refractivity contribution in [3.05, 3.63) is 53.1 Å².